The summed E-state index contributed by atoms with van der Waals surface area (Å²) < 4.78 is 37.6. The van der Waals surface area contributed by atoms with Crippen LogP contribution in [0.4, 0.5) is 18.9 Å². The lowest BCUT2D eigenvalue weighted by molar-refractivity contribution is -0.137. The molecule has 1 aromatic rings. The van der Waals surface area contributed by atoms with E-state index in [9.17, 15) is 18.0 Å². The highest BCUT2D eigenvalue weighted by molar-refractivity contribution is 5.90. The van der Waals surface area contributed by atoms with Crippen molar-refractivity contribution in [3.63, 3.8) is 0 Å². The van der Waals surface area contributed by atoms with Crippen LogP contribution in [0.1, 0.15) is 102 Å². The van der Waals surface area contributed by atoms with Crippen LogP contribution < -0.4 is 5.32 Å². The third-order valence-corrected chi connectivity index (χ3v) is 5.16. The average molecular weight is 426 g/mol. The molecule has 0 saturated heterocycles. The van der Waals surface area contributed by atoms with E-state index in [1.165, 1.54) is 69.9 Å². The molecule has 0 aliphatic carbocycles. The molecule has 30 heavy (non-hydrogen) atoms. The molecule has 0 spiro atoms. The zero-order valence-electron chi connectivity index (χ0n) is 18.4. The molecular weight excluding hydrogens is 387 g/mol. The Hall–Kier alpha value is -1.78. The van der Waals surface area contributed by atoms with Gasteiger partial charge in [0.15, 0.2) is 0 Å². The van der Waals surface area contributed by atoms with Gasteiger partial charge in [-0.15, -0.1) is 0 Å². The van der Waals surface area contributed by atoms with Gasteiger partial charge in [-0.05, 0) is 56.4 Å². The summed E-state index contributed by atoms with van der Waals surface area (Å²) in [6, 6.07) is 4.55. The van der Waals surface area contributed by atoms with Crippen molar-refractivity contribution in [1.29, 1.82) is 0 Å². The maximum Gasteiger partial charge on any atom is 0.416 e. The second kappa shape index (κ2) is 16.0. The van der Waals surface area contributed by atoms with Gasteiger partial charge in [-0.25, -0.2) is 0 Å². The number of halogens is 3. The molecule has 0 atom stereocenters. The first kappa shape index (κ1) is 26.3. The lowest BCUT2D eigenvalue weighted by Gasteiger charge is -2.08. The summed E-state index contributed by atoms with van der Waals surface area (Å²) in [7, 11) is 0. The van der Waals surface area contributed by atoms with Crippen molar-refractivity contribution in [2.45, 2.75) is 103 Å². The maximum atomic E-state index is 12.5. The standard InChI is InChI=1S/C25H38F3NO/c1-2-3-4-5-6-7-8-9-10-11-12-13-14-15-16-17-24(30)29-23-20-18-22(19-21-23)25(26,27)28/h9-10,18-21H,2-8,11-17H2,1H3,(H,29,30)/b10-9-. The number of carbonyl (C=O) groups is 1. The van der Waals surface area contributed by atoms with Crippen LogP contribution in [0, 0.1) is 0 Å². The molecule has 0 radical (unpaired) electrons. The van der Waals surface area contributed by atoms with E-state index in [4.69, 9.17) is 0 Å². The van der Waals surface area contributed by atoms with Crippen molar-refractivity contribution in [3.05, 3.63) is 42.0 Å². The van der Waals surface area contributed by atoms with Crippen molar-refractivity contribution < 1.29 is 18.0 Å². The predicted molar refractivity (Wildman–Crippen MR) is 120 cm³/mol. The molecule has 0 aliphatic heterocycles. The Morgan fingerprint density at radius 1 is 0.800 bits per heavy atom. The van der Waals surface area contributed by atoms with Gasteiger partial charge in [0, 0.05) is 12.1 Å². The Bertz CT molecular complexity index is 593. The Labute approximate surface area is 180 Å². The lowest BCUT2D eigenvalue weighted by atomic mass is 10.1. The summed E-state index contributed by atoms with van der Waals surface area (Å²) in [5, 5.41) is 2.65. The van der Waals surface area contributed by atoms with E-state index in [-0.39, 0.29) is 5.91 Å². The zero-order valence-corrected chi connectivity index (χ0v) is 18.4. The third-order valence-electron chi connectivity index (χ3n) is 5.16. The van der Waals surface area contributed by atoms with Gasteiger partial charge in [-0.2, -0.15) is 13.2 Å². The van der Waals surface area contributed by atoms with Gasteiger partial charge in [0.05, 0.1) is 5.56 Å². The van der Waals surface area contributed by atoms with Crippen molar-refractivity contribution in [2.24, 2.45) is 0 Å². The van der Waals surface area contributed by atoms with Crippen LogP contribution in [-0.2, 0) is 11.0 Å². The monoisotopic (exact) mass is 425 g/mol. The molecule has 5 heteroatoms. The van der Waals surface area contributed by atoms with E-state index in [1.807, 2.05) is 0 Å². The zero-order chi connectivity index (χ0) is 22.1. The molecule has 2 nitrogen and oxygen atoms in total. The minimum absolute atomic E-state index is 0.146. The Morgan fingerprint density at radius 3 is 1.83 bits per heavy atom. The second-order valence-corrected chi connectivity index (χ2v) is 7.96. The largest absolute Gasteiger partial charge is 0.416 e. The SMILES string of the molecule is CCCCCCCC/C=C\CCCCCCCC(=O)Nc1ccc(C(F)(F)F)cc1. The number of benzene rings is 1. The summed E-state index contributed by atoms with van der Waals surface area (Å²) in [5.74, 6) is -0.146. The van der Waals surface area contributed by atoms with E-state index in [0.29, 0.717) is 12.1 Å². The lowest BCUT2D eigenvalue weighted by Crippen LogP contribution is -2.11. The highest BCUT2D eigenvalue weighted by Crippen LogP contribution is 2.29. The third kappa shape index (κ3) is 13.4. The van der Waals surface area contributed by atoms with Crippen molar-refractivity contribution >= 4 is 11.6 Å². The summed E-state index contributed by atoms with van der Waals surface area (Å²) in [6.45, 7) is 2.24. The van der Waals surface area contributed by atoms with Gasteiger partial charge in [0.1, 0.15) is 0 Å². The predicted octanol–water partition coefficient (Wildman–Crippen LogP) is 8.68. The summed E-state index contributed by atoms with van der Waals surface area (Å²) in [6.07, 6.45) is 16.3. The van der Waals surface area contributed by atoms with E-state index < -0.39 is 11.7 Å². The molecule has 1 amide bonds. The minimum atomic E-state index is -4.35. The fourth-order valence-corrected chi connectivity index (χ4v) is 3.32. The number of allylic oxidation sites excluding steroid dienone is 2. The highest BCUT2D eigenvalue weighted by Gasteiger charge is 2.29. The summed E-state index contributed by atoms with van der Waals surface area (Å²) >= 11 is 0. The number of rotatable bonds is 16. The molecule has 0 bridgehead atoms. The molecule has 170 valence electrons. The van der Waals surface area contributed by atoms with Crippen LogP contribution in [0.5, 0.6) is 0 Å². The molecule has 1 rings (SSSR count). The van der Waals surface area contributed by atoms with E-state index in [2.05, 4.69) is 24.4 Å². The molecule has 0 aromatic heterocycles. The number of carbonyl (C=O) groups excluding carboxylic acids is 1. The maximum absolute atomic E-state index is 12.5. The molecular formula is C25H38F3NO. The number of amides is 1. The quantitative estimate of drug-likeness (QED) is 0.208. The van der Waals surface area contributed by atoms with Gasteiger partial charge in [-0.1, -0.05) is 70.4 Å². The number of anilines is 1. The molecule has 0 fully saturated rings. The molecule has 0 heterocycles. The fraction of sp³-hybridized carbons (Fsp3) is 0.640. The number of alkyl halides is 3. The topological polar surface area (TPSA) is 29.1 Å². The van der Waals surface area contributed by atoms with Crippen LogP contribution >= 0.6 is 0 Å². The average Bonchev–Trinajstić information content (AvgIpc) is 2.70. The van der Waals surface area contributed by atoms with Gasteiger partial charge >= 0.3 is 6.18 Å². The van der Waals surface area contributed by atoms with E-state index >= 15 is 0 Å². The van der Waals surface area contributed by atoms with Crippen LogP contribution in [0.25, 0.3) is 0 Å². The van der Waals surface area contributed by atoms with Gasteiger partial charge in [-0.3, -0.25) is 4.79 Å². The normalized spacial score (nSPS) is 11.9. The van der Waals surface area contributed by atoms with Crippen LogP contribution in [0.2, 0.25) is 0 Å². The first-order valence-corrected chi connectivity index (χ1v) is 11.6. The van der Waals surface area contributed by atoms with Crippen molar-refractivity contribution in [2.75, 3.05) is 5.32 Å². The van der Waals surface area contributed by atoms with Gasteiger partial charge in [0.2, 0.25) is 5.91 Å². The van der Waals surface area contributed by atoms with Crippen LogP contribution in [0.15, 0.2) is 36.4 Å². The molecule has 0 saturated carbocycles. The van der Waals surface area contributed by atoms with Crippen LogP contribution in [-0.4, -0.2) is 5.91 Å². The minimum Gasteiger partial charge on any atom is -0.326 e. The number of nitrogens with one attached hydrogen (secondary N) is 1. The number of hydrogen-bond donors (Lipinski definition) is 1. The second-order valence-electron chi connectivity index (χ2n) is 7.96. The summed E-state index contributed by atoms with van der Waals surface area (Å²) in [4.78, 5) is 11.9. The first-order valence-electron chi connectivity index (χ1n) is 11.6. The van der Waals surface area contributed by atoms with Gasteiger partial charge in [0.25, 0.3) is 0 Å². The van der Waals surface area contributed by atoms with E-state index in [0.717, 1.165) is 37.8 Å². The molecule has 0 unspecified atom stereocenters. The Balaban J connectivity index is 1.96. The Kier molecular flexibility index (Phi) is 14.0. The van der Waals surface area contributed by atoms with Crippen molar-refractivity contribution in [3.8, 4) is 0 Å². The van der Waals surface area contributed by atoms with Crippen LogP contribution in [0.3, 0.4) is 0 Å². The number of unbranched alkanes of at least 4 members (excludes halogenated alkanes) is 11. The van der Waals surface area contributed by atoms with E-state index in [1.54, 1.807) is 0 Å². The first-order chi connectivity index (χ1) is 14.4. The highest BCUT2D eigenvalue weighted by atomic mass is 19.4. The van der Waals surface area contributed by atoms with Crippen molar-refractivity contribution in [1.82, 2.24) is 0 Å². The number of hydrogen-bond acceptors (Lipinski definition) is 1. The molecule has 0 aliphatic rings. The molecule has 1 N–H and O–H groups in total. The Morgan fingerprint density at radius 2 is 1.30 bits per heavy atom. The molecule has 1 aromatic carbocycles. The van der Waals surface area contributed by atoms with Gasteiger partial charge < -0.3 is 5.32 Å². The summed E-state index contributed by atoms with van der Waals surface area (Å²) in [5.41, 5.74) is -0.307. The smallest absolute Gasteiger partial charge is 0.326 e. The fourth-order valence-electron chi connectivity index (χ4n) is 3.32.